The van der Waals surface area contributed by atoms with Gasteiger partial charge in [0.25, 0.3) is 5.92 Å². The Hall–Kier alpha value is -0.420. The normalized spacial score (nSPS) is 27.1. The number of carbonyl (C=O) groups is 1. The summed E-state index contributed by atoms with van der Waals surface area (Å²) < 4.78 is 25.8. The third kappa shape index (κ3) is 3.52. The van der Waals surface area contributed by atoms with Gasteiger partial charge in [-0.05, 0) is 18.8 Å². The lowest BCUT2D eigenvalue weighted by atomic mass is 9.85. The molecule has 0 aromatic carbocycles. The summed E-state index contributed by atoms with van der Waals surface area (Å²) in [5.74, 6) is -2.34. The highest BCUT2D eigenvalue weighted by molar-refractivity contribution is 5.85. The number of likely N-dealkylation sites (N-methyl/N-ethyl adjacent to an activating group) is 1. The van der Waals surface area contributed by atoms with Gasteiger partial charge < -0.3 is 4.90 Å². The van der Waals surface area contributed by atoms with E-state index in [-0.39, 0.29) is 31.3 Å². The summed E-state index contributed by atoms with van der Waals surface area (Å²) in [4.78, 5) is 13.4. The first-order valence-corrected chi connectivity index (χ1v) is 5.84. The molecule has 0 radical (unpaired) electrons. The van der Waals surface area contributed by atoms with Crippen LogP contribution in [0.4, 0.5) is 8.78 Å². The first-order chi connectivity index (χ1) is 7.48. The lowest BCUT2D eigenvalue weighted by molar-refractivity contribution is -0.133. The molecule has 17 heavy (non-hydrogen) atoms. The molecule has 0 aromatic heterocycles. The molecule has 2 rings (SSSR count). The largest absolute Gasteiger partial charge is 0.344 e. The van der Waals surface area contributed by atoms with Gasteiger partial charge in [-0.2, -0.15) is 0 Å². The van der Waals surface area contributed by atoms with Gasteiger partial charge in [0.2, 0.25) is 5.91 Å². The van der Waals surface area contributed by atoms with Crippen LogP contribution in [-0.2, 0) is 4.79 Å². The fourth-order valence-electron chi connectivity index (χ4n) is 2.31. The fraction of sp³-hybridized carbons (Fsp3) is 0.909. The number of alkyl halides is 2. The van der Waals surface area contributed by atoms with E-state index in [4.69, 9.17) is 0 Å². The van der Waals surface area contributed by atoms with Crippen LogP contribution in [0.1, 0.15) is 25.7 Å². The second-order valence-electron chi connectivity index (χ2n) is 5.01. The number of nitrogens with one attached hydrogen (secondary N) is 1. The van der Waals surface area contributed by atoms with Crippen molar-refractivity contribution < 1.29 is 13.6 Å². The quantitative estimate of drug-likeness (QED) is 0.844. The lowest BCUT2D eigenvalue weighted by Crippen LogP contribution is -2.44. The molecular weight excluding hydrogens is 250 g/mol. The molecule has 1 amide bonds. The van der Waals surface area contributed by atoms with Gasteiger partial charge in [0.05, 0.1) is 12.6 Å². The maximum Gasteiger partial charge on any atom is 0.262 e. The Labute approximate surface area is 106 Å². The number of rotatable bonds is 3. The summed E-state index contributed by atoms with van der Waals surface area (Å²) in [5, 5.41) is 2.60. The third-order valence-electron chi connectivity index (χ3n) is 3.54. The Morgan fingerprint density at radius 3 is 2.53 bits per heavy atom. The van der Waals surface area contributed by atoms with Crippen LogP contribution in [0, 0.1) is 5.92 Å². The average molecular weight is 269 g/mol. The molecule has 1 unspecified atom stereocenters. The van der Waals surface area contributed by atoms with Gasteiger partial charge in [0.15, 0.2) is 0 Å². The minimum absolute atomic E-state index is 0. The summed E-state index contributed by atoms with van der Waals surface area (Å²) in [6.07, 6.45) is 3.19. The highest BCUT2D eigenvalue weighted by Gasteiger charge is 2.43. The van der Waals surface area contributed by atoms with Gasteiger partial charge in [-0.25, -0.2) is 8.78 Å². The number of hydrogen-bond acceptors (Lipinski definition) is 2. The minimum atomic E-state index is -2.72. The summed E-state index contributed by atoms with van der Waals surface area (Å²) in [6, 6.07) is -0.694. The van der Waals surface area contributed by atoms with Crippen molar-refractivity contribution >= 4 is 18.3 Å². The lowest BCUT2D eigenvalue weighted by Gasteiger charge is -2.31. The molecule has 1 aliphatic heterocycles. The molecule has 0 aromatic rings. The van der Waals surface area contributed by atoms with E-state index < -0.39 is 12.0 Å². The molecule has 0 bridgehead atoms. The topological polar surface area (TPSA) is 32.3 Å². The van der Waals surface area contributed by atoms with Gasteiger partial charge in [-0.1, -0.05) is 6.42 Å². The average Bonchev–Trinajstić information content (AvgIpc) is 2.51. The Morgan fingerprint density at radius 2 is 2.12 bits per heavy atom. The molecule has 1 saturated carbocycles. The highest BCUT2D eigenvalue weighted by Crippen LogP contribution is 2.28. The van der Waals surface area contributed by atoms with Crippen LogP contribution < -0.4 is 5.32 Å². The Bertz CT molecular complexity index is 285. The van der Waals surface area contributed by atoms with Crippen LogP contribution in [-0.4, -0.2) is 42.9 Å². The predicted molar refractivity (Wildman–Crippen MR) is 63.6 cm³/mol. The Kier molecular flexibility index (Phi) is 4.72. The maximum absolute atomic E-state index is 12.9. The number of halogens is 3. The van der Waals surface area contributed by atoms with Crippen LogP contribution in [0.2, 0.25) is 0 Å². The van der Waals surface area contributed by atoms with Crippen molar-refractivity contribution in [1.29, 1.82) is 0 Å². The van der Waals surface area contributed by atoms with E-state index in [9.17, 15) is 13.6 Å². The summed E-state index contributed by atoms with van der Waals surface area (Å²) in [5.41, 5.74) is 0. The Balaban J connectivity index is 0.00000144. The zero-order valence-electron chi connectivity index (χ0n) is 9.92. The smallest absolute Gasteiger partial charge is 0.262 e. The zero-order chi connectivity index (χ0) is 11.8. The van der Waals surface area contributed by atoms with Crippen LogP contribution in [0.15, 0.2) is 0 Å². The molecule has 100 valence electrons. The first-order valence-electron chi connectivity index (χ1n) is 5.84. The molecule has 1 aliphatic carbocycles. The van der Waals surface area contributed by atoms with E-state index >= 15 is 0 Å². The van der Waals surface area contributed by atoms with E-state index in [0.717, 1.165) is 12.8 Å². The van der Waals surface area contributed by atoms with Gasteiger partial charge in [-0.3, -0.25) is 10.1 Å². The molecule has 1 N–H and O–H groups in total. The minimum Gasteiger partial charge on any atom is -0.344 e. The summed E-state index contributed by atoms with van der Waals surface area (Å²) in [7, 11) is 1.71. The molecule has 6 heteroatoms. The van der Waals surface area contributed by atoms with Crippen molar-refractivity contribution in [2.75, 3.05) is 20.1 Å². The SMILES string of the molecule is CN(CC1CCC1)C(=O)C1CC(F)(F)CN1.Cl. The van der Waals surface area contributed by atoms with E-state index in [1.807, 2.05) is 0 Å². The molecule has 1 atom stereocenters. The van der Waals surface area contributed by atoms with Crippen LogP contribution in [0.25, 0.3) is 0 Å². The predicted octanol–water partition coefficient (Wildman–Crippen LogP) is 1.66. The van der Waals surface area contributed by atoms with Crippen molar-refractivity contribution in [3.8, 4) is 0 Å². The van der Waals surface area contributed by atoms with Crippen molar-refractivity contribution in [1.82, 2.24) is 10.2 Å². The first kappa shape index (κ1) is 14.6. The van der Waals surface area contributed by atoms with Gasteiger partial charge in [0.1, 0.15) is 0 Å². The maximum atomic E-state index is 12.9. The van der Waals surface area contributed by atoms with Gasteiger partial charge in [-0.15, -0.1) is 12.4 Å². The molecule has 0 spiro atoms. The number of nitrogens with zero attached hydrogens (tertiary/aromatic N) is 1. The van der Waals surface area contributed by atoms with Crippen LogP contribution in [0.5, 0.6) is 0 Å². The number of hydrogen-bond donors (Lipinski definition) is 1. The number of carbonyl (C=O) groups excluding carboxylic acids is 1. The highest BCUT2D eigenvalue weighted by atomic mass is 35.5. The third-order valence-corrected chi connectivity index (χ3v) is 3.54. The van der Waals surface area contributed by atoms with Crippen molar-refractivity contribution in [2.24, 2.45) is 5.92 Å². The van der Waals surface area contributed by atoms with E-state index in [0.29, 0.717) is 12.5 Å². The van der Waals surface area contributed by atoms with Crippen molar-refractivity contribution in [3.63, 3.8) is 0 Å². The van der Waals surface area contributed by atoms with Crippen LogP contribution in [0.3, 0.4) is 0 Å². The second kappa shape index (κ2) is 5.48. The molecule has 2 aliphatic rings. The van der Waals surface area contributed by atoms with Gasteiger partial charge >= 0.3 is 0 Å². The van der Waals surface area contributed by atoms with Crippen LogP contribution >= 0.6 is 12.4 Å². The zero-order valence-corrected chi connectivity index (χ0v) is 10.7. The molecule has 3 nitrogen and oxygen atoms in total. The molecule has 1 heterocycles. The molecule has 1 saturated heterocycles. The standard InChI is InChI=1S/C11H18F2N2O.ClH/c1-15(6-8-3-2-4-8)10(16)9-5-11(12,13)7-14-9;/h8-9,14H,2-7H2,1H3;1H. The van der Waals surface area contributed by atoms with Crippen molar-refractivity contribution in [2.45, 2.75) is 37.6 Å². The fourth-order valence-corrected chi connectivity index (χ4v) is 2.31. The van der Waals surface area contributed by atoms with Gasteiger partial charge in [0, 0.05) is 20.0 Å². The molecular formula is C11H19ClF2N2O. The van der Waals surface area contributed by atoms with E-state index in [1.165, 1.54) is 6.42 Å². The number of amides is 1. The van der Waals surface area contributed by atoms with Crippen molar-refractivity contribution in [3.05, 3.63) is 0 Å². The Morgan fingerprint density at radius 1 is 1.47 bits per heavy atom. The second-order valence-corrected chi connectivity index (χ2v) is 5.01. The summed E-state index contributed by atoms with van der Waals surface area (Å²) >= 11 is 0. The molecule has 2 fully saturated rings. The summed E-state index contributed by atoms with van der Waals surface area (Å²) in [6.45, 7) is 0.337. The monoisotopic (exact) mass is 268 g/mol. The van der Waals surface area contributed by atoms with E-state index in [2.05, 4.69) is 5.32 Å². The van der Waals surface area contributed by atoms with E-state index in [1.54, 1.807) is 11.9 Å².